The second-order valence-corrected chi connectivity index (χ2v) is 6.41. The predicted octanol–water partition coefficient (Wildman–Crippen LogP) is 0.264. The topological polar surface area (TPSA) is 83.0 Å². The number of quaternary nitrogens is 1. The fraction of sp³-hybridized carbons (Fsp3) is 0.211. The molecule has 2 aromatic rings. The highest BCUT2D eigenvalue weighted by Gasteiger charge is 2.28. The van der Waals surface area contributed by atoms with Crippen molar-refractivity contribution in [1.82, 2.24) is 0 Å². The molecule has 1 aliphatic rings. The van der Waals surface area contributed by atoms with E-state index in [1.807, 2.05) is 0 Å². The number of rotatable bonds is 5. The van der Waals surface area contributed by atoms with Gasteiger partial charge in [-0.25, -0.2) is 4.39 Å². The van der Waals surface area contributed by atoms with Crippen molar-refractivity contribution in [2.75, 3.05) is 42.2 Å². The Morgan fingerprint density at radius 2 is 1.96 bits per heavy atom. The second kappa shape index (κ2) is 7.96. The lowest BCUT2D eigenvalue weighted by molar-refractivity contribution is -0.862. The van der Waals surface area contributed by atoms with Gasteiger partial charge >= 0.3 is 0 Å². The molecule has 1 unspecified atom stereocenters. The van der Waals surface area contributed by atoms with Crippen LogP contribution in [0.1, 0.15) is 0 Å². The summed E-state index contributed by atoms with van der Waals surface area (Å²) >= 11 is 0. The Hall–Kier alpha value is -3.26. The van der Waals surface area contributed by atoms with Gasteiger partial charge in [0, 0.05) is 5.69 Å². The molecule has 27 heavy (non-hydrogen) atoms. The average Bonchev–Trinajstić information content (AvgIpc) is 2.60. The van der Waals surface area contributed by atoms with E-state index >= 15 is 0 Å². The zero-order valence-electron chi connectivity index (χ0n) is 14.8. The third-order valence-electron chi connectivity index (χ3n) is 4.10. The van der Waals surface area contributed by atoms with Crippen LogP contribution in [0.15, 0.2) is 48.5 Å². The largest absolute Gasteiger partial charge is 0.323 e. The van der Waals surface area contributed by atoms with E-state index in [0.717, 1.165) is 0 Å². The first kappa shape index (κ1) is 18.5. The van der Waals surface area contributed by atoms with Crippen molar-refractivity contribution in [2.24, 2.45) is 0 Å². The van der Waals surface area contributed by atoms with Gasteiger partial charge in [-0.2, -0.15) is 0 Å². The highest BCUT2D eigenvalue weighted by molar-refractivity contribution is 6.10. The number of carbonyl (C=O) groups is 3. The smallest absolute Gasteiger partial charge is 0.282 e. The van der Waals surface area contributed by atoms with Crippen LogP contribution < -0.4 is 20.4 Å². The summed E-state index contributed by atoms with van der Waals surface area (Å²) in [7, 11) is 1.71. The second-order valence-electron chi connectivity index (χ2n) is 6.41. The van der Waals surface area contributed by atoms with Crippen LogP contribution in [0.5, 0.6) is 0 Å². The van der Waals surface area contributed by atoms with E-state index in [-0.39, 0.29) is 37.4 Å². The summed E-state index contributed by atoms with van der Waals surface area (Å²) in [4.78, 5) is 38.6. The predicted molar refractivity (Wildman–Crippen MR) is 99.1 cm³/mol. The van der Waals surface area contributed by atoms with E-state index in [9.17, 15) is 18.8 Å². The Balaban J connectivity index is 1.59. The normalized spacial score (nSPS) is 14.1. The van der Waals surface area contributed by atoms with E-state index in [1.165, 1.54) is 23.1 Å². The van der Waals surface area contributed by atoms with Gasteiger partial charge < -0.3 is 15.5 Å². The minimum atomic E-state index is -0.439. The standard InChI is InChI=1S/C19H19FN4O3/c1-23(10-17(25)21-14-6-4-5-13(20)9-14)12-19(27)24-11-18(26)22-15-7-2-3-8-16(15)24/h2-9H,10-12H2,1H3,(H,21,25)(H,22,26)/p+1. The summed E-state index contributed by atoms with van der Waals surface area (Å²) in [5, 5.41) is 5.33. The number of nitrogens with one attached hydrogen (secondary N) is 3. The molecular formula is C19H20FN4O3+. The molecule has 0 spiro atoms. The van der Waals surface area contributed by atoms with E-state index in [2.05, 4.69) is 10.6 Å². The zero-order chi connectivity index (χ0) is 19.4. The molecule has 0 saturated heterocycles. The number of hydrogen-bond donors (Lipinski definition) is 3. The zero-order valence-corrected chi connectivity index (χ0v) is 14.8. The van der Waals surface area contributed by atoms with Gasteiger partial charge in [0.05, 0.1) is 18.4 Å². The lowest BCUT2D eigenvalue weighted by Gasteiger charge is -2.29. The van der Waals surface area contributed by atoms with Crippen molar-refractivity contribution < 1.29 is 23.7 Å². The van der Waals surface area contributed by atoms with E-state index < -0.39 is 5.82 Å². The first-order valence-corrected chi connectivity index (χ1v) is 8.48. The molecule has 0 fully saturated rings. The monoisotopic (exact) mass is 371 g/mol. The average molecular weight is 371 g/mol. The fourth-order valence-corrected chi connectivity index (χ4v) is 2.92. The van der Waals surface area contributed by atoms with Crippen LogP contribution in [0.25, 0.3) is 0 Å². The minimum Gasteiger partial charge on any atom is -0.323 e. The number of nitrogens with zero attached hydrogens (tertiary/aromatic N) is 1. The summed E-state index contributed by atoms with van der Waals surface area (Å²) in [5.74, 6) is -1.29. The van der Waals surface area contributed by atoms with Crippen LogP contribution in [0, 0.1) is 5.82 Å². The number of benzene rings is 2. The van der Waals surface area contributed by atoms with Crippen LogP contribution in [-0.4, -0.2) is 44.4 Å². The van der Waals surface area contributed by atoms with Gasteiger partial charge in [0.1, 0.15) is 12.4 Å². The number of fused-ring (bicyclic) bond motifs is 1. The highest BCUT2D eigenvalue weighted by Crippen LogP contribution is 2.28. The van der Waals surface area contributed by atoms with Crippen molar-refractivity contribution in [1.29, 1.82) is 0 Å². The molecule has 140 valence electrons. The van der Waals surface area contributed by atoms with Gasteiger partial charge in [-0.15, -0.1) is 0 Å². The summed E-state index contributed by atoms with van der Waals surface area (Å²) in [6.07, 6.45) is 0. The number of halogens is 1. The molecule has 7 nitrogen and oxygen atoms in total. The molecule has 3 amide bonds. The van der Waals surface area contributed by atoms with Crippen molar-refractivity contribution in [3.05, 3.63) is 54.3 Å². The summed E-state index contributed by atoms with van der Waals surface area (Å²) < 4.78 is 13.2. The van der Waals surface area contributed by atoms with Gasteiger partial charge in [-0.05, 0) is 30.3 Å². The molecule has 1 heterocycles. The number of carbonyl (C=O) groups excluding carboxylic acids is 3. The van der Waals surface area contributed by atoms with E-state index in [0.29, 0.717) is 22.0 Å². The highest BCUT2D eigenvalue weighted by atomic mass is 19.1. The third-order valence-corrected chi connectivity index (χ3v) is 4.10. The molecule has 0 aliphatic carbocycles. The van der Waals surface area contributed by atoms with Crippen LogP contribution in [-0.2, 0) is 14.4 Å². The van der Waals surface area contributed by atoms with Gasteiger partial charge in [0.15, 0.2) is 13.1 Å². The fourth-order valence-electron chi connectivity index (χ4n) is 2.92. The Kier molecular flexibility index (Phi) is 5.46. The third kappa shape index (κ3) is 4.68. The lowest BCUT2D eigenvalue weighted by atomic mass is 10.2. The van der Waals surface area contributed by atoms with Gasteiger partial charge in [0.2, 0.25) is 5.91 Å². The molecule has 0 bridgehead atoms. The molecule has 1 aliphatic heterocycles. The van der Waals surface area contributed by atoms with Crippen molar-refractivity contribution in [3.8, 4) is 0 Å². The Morgan fingerprint density at radius 3 is 2.74 bits per heavy atom. The maximum absolute atomic E-state index is 13.2. The van der Waals surface area contributed by atoms with Gasteiger partial charge in [0.25, 0.3) is 11.8 Å². The molecule has 0 saturated carbocycles. The van der Waals surface area contributed by atoms with Crippen molar-refractivity contribution in [2.45, 2.75) is 0 Å². The molecule has 3 rings (SSSR count). The SMILES string of the molecule is C[NH+](CC(=O)Nc1cccc(F)c1)CC(=O)N1CC(=O)Nc2ccccc21. The molecule has 0 radical (unpaired) electrons. The number of likely N-dealkylation sites (N-methyl/N-ethyl adjacent to an activating group) is 1. The van der Waals surface area contributed by atoms with Gasteiger partial charge in [-0.3, -0.25) is 19.3 Å². The Bertz CT molecular complexity index is 887. The van der Waals surface area contributed by atoms with Crippen LogP contribution in [0.3, 0.4) is 0 Å². The number of para-hydroxylation sites is 2. The molecular weight excluding hydrogens is 351 g/mol. The minimum absolute atomic E-state index is 0.0317. The molecule has 8 heteroatoms. The Labute approximate surface area is 155 Å². The molecule has 3 N–H and O–H groups in total. The van der Waals surface area contributed by atoms with E-state index in [1.54, 1.807) is 37.4 Å². The van der Waals surface area contributed by atoms with Crippen LogP contribution in [0.4, 0.5) is 21.5 Å². The maximum atomic E-state index is 13.2. The van der Waals surface area contributed by atoms with Crippen LogP contribution in [0.2, 0.25) is 0 Å². The van der Waals surface area contributed by atoms with Crippen molar-refractivity contribution >= 4 is 34.8 Å². The number of hydrogen-bond acceptors (Lipinski definition) is 3. The summed E-state index contributed by atoms with van der Waals surface area (Å²) in [6, 6.07) is 12.7. The number of amides is 3. The summed E-state index contributed by atoms with van der Waals surface area (Å²) in [5.41, 5.74) is 1.59. The Morgan fingerprint density at radius 1 is 1.19 bits per heavy atom. The first-order chi connectivity index (χ1) is 12.9. The molecule has 0 aromatic heterocycles. The summed E-state index contributed by atoms with van der Waals surface area (Å²) in [6.45, 7) is 0.0146. The van der Waals surface area contributed by atoms with Crippen LogP contribution >= 0.6 is 0 Å². The number of anilines is 3. The van der Waals surface area contributed by atoms with Crippen molar-refractivity contribution in [3.63, 3.8) is 0 Å². The van der Waals surface area contributed by atoms with Gasteiger partial charge in [-0.1, -0.05) is 18.2 Å². The van der Waals surface area contributed by atoms with E-state index in [4.69, 9.17) is 0 Å². The quantitative estimate of drug-likeness (QED) is 0.705. The molecule has 2 aromatic carbocycles. The maximum Gasteiger partial charge on any atom is 0.282 e. The first-order valence-electron chi connectivity index (χ1n) is 8.48. The molecule has 1 atom stereocenters. The lowest BCUT2D eigenvalue weighted by Crippen LogP contribution is -3.11.